The summed E-state index contributed by atoms with van der Waals surface area (Å²) in [5.41, 5.74) is 1.72. The third-order valence-corrected chi connectivity index (χ3v) is 6.50. The molecule has 0 bridgehead atoms. The van der Waals surface area contributed by atoms with E-state index in [1.54, 1.807) is 18.5 Å². The fraction of sp³-hybridized carbons (Fsp3) is 0.500. The molecule has 0 unspecified atom stereocenters. The molecule has 0 amide bonds. The molecule has 1 aliphatic rings. The number of sulfonamides is 1. The van der Waals surface area contributed by atoms with Crippen LogP contribution in [0.25, 0.3) is 0 Å². The zero-order valence-corrected chi connectivity index (χ0v) is 15.0. The van der Waals surface area contributed by atoms with Crippen LogP contribution in [0.1, 0.15) is 16.4 Å². The monoisotopic (exact) mass is 353 g/mol. The molecule has 0 aromatic carbocycles. The van der Waals surface area contributed by atoms with E-state index in [1.165, 1.54) is 15.6 Å². The lowest BCUT2D eigenvalue weighted by atomic mass is 10.3. The lowest BCUT2D eigenvalue weighted by Gasteiger charge is -2.34. The molecule has 1 saturated heterocycles. The molecule has 0 saturated carbocycles. The number of anilines is 1. The summed E-state index contributed by atoms with van der Waals surface area (Å²) in [4.78, 5) is 15.1. The van der Waals surface area contributed by atoms with Gasteiger partial charge in [-0.1, -0.05) is 0 Å². The van der Waals surface area contributed by atoms with Gasteiger partial charge in [0.25, 0.3) is 10.0 Å². The average Bonchev–Trinajstić information content (AvgIpc) is 2.97. The SMILES string of the molecule is Cc1cnc(C)c(N2CCN(S(=O)(=O)c3csc(C)n3)CC2)n1. The van der Waals surface area contributed by atoms with Crippen molar-refractivity contribution in [2.24, 2.45) is 0 Å². The van der Waals surface area contributed by atoms with Gasteiger partial charge >= 0.3 is 0 Å². The highest BCUT2D eigenvalue weighted by Gasteiger charge is 2.31. The first-order valence-electron chi connectivity index (χ1n) is 7.35. The maximum Gasteiger partial charge on any atom is 0.261 e. The molecule has 9 heteroatoms. The molecule has 3 heterocycles. The Morgan fingerprint density at radius 1 is 1.09 bits per heavy atom. The first-order valence-corrected chi connectivity index (χ1v) is 9.67. The van der Waals surface area contributed by atoms with E-state index >= 15 is 0 Å². The van der Waals surface area contributed by atoms with Crippen molar-refractivity contribution in [3.8, 4) is 0 Å². The smallest absolute Gasteiger partial charge is 0.261 e. The fourth-order valence-electron chi connectivity index (χ4n) is 2.56. The molecule has 3 rings (SSSR count). The number of nitrogens with zero attached hydrogens (tertiary/aromatic N) is 5. The van der Waals surface area contributed by atoms with Crippen molar-refractivity contribution >= 4 is 27.2 Å². The van der Waals surface area contributed by atoms with Gasteiger partial charge in [0.05, 0.1) is 16.4 Å². The summed E-state index contributed by atoms with van der Waals surface area (Å²) in [5.74, 6) is 0.839. The van der Waals surface area contributed by atoms with E-state index in [9.17, 15) is 8.42 Å². The Hall–Kier alpha value is -1.58. The quantitative estimate of drug-likeness (QED) is 0.829. The van der Waals surface area contributed by atoms with E-state index in [4.69, 9.17) is 0 Å². The van der Waals surface area contributed by atoms with Crippen molar-refractivity contribution in [2.75, 3.05) is 31.1 Å². The van der Waals surface area contributed by atoms with Gasteiger partial charge in [-0.2, -0.15) is 4.31 Å². The predicted molar refractivity (Wildman–Crippen MR) is 89.3 cm³/mol. The number of aryl methyl sites for hydroxylation is 3. The van der Waals surface area contributed by atoms with Gasteiger partial charge in [-0.05, 0) is 20.8 Å². The number of hydrogen-bond donors (Lipinski definition) is 0. The van der Waals surface area contributed by atoms with Gasteiger partial charge < -0.3 is 4.90 Å². The summed E-state index contributed by atoms with van der Waals surface area (Å²) in [6.45, 7) is 7.68. The molecule has 0 spiro atoms. The van der Waals surface area contributed by atoms with Gasteiger partial charge in [0.15, 0.2) is 5.03 Å². The topological polar surface area (TPSA) is 79.3 Å². The molecular formula is C14H19N5O2S2. The molecule has 0 atom stereocenters. The van der Waals surface area contributed by atoms with Crippen molar-refractivity contribution in [1.82, 2.24) is 19.3 Å². The van der Waals surface area contributed by atoms with Gasteiger partial charge in [0.2, 0.25) is 0 Å². The van der Waals surface area contributed by atoms with Gasteiger partial charge in [-0.25, -0.2) is 18.4 Å². The standard InChI is InChI=1S/C14H19N5O2S2/c1-10-8-15-11(2)14(16-10)18-4-6-19(7-5-18)23(20,21)13-9-22-12(3)17-13/h8-9H,4-7H2,1-3H3. The Kier molecular flexibility index (Phi) is 4.35. The van der Waals surface area contributed by atoms with Crippen molar-refractivity contribution in [3.05, 3.63) is 28.0 Å². The van der Waals surface area contributed by atoms with Gasteiger partial charge in [-0.15, -0.1) is 11.3 Å². The van der Waals surface area contributed by atoms with Gasteiger partial charge in [0, 0.05) is 37.8 Å². The Bertz CT molecular complexity index is 810. The van der Waals surface area contributed by atoms with E-state index in [2.05, 4.69) is 19.9 Å². The van der Waals surface area contributed by atoms with Crippen molar-refractivity contribution in [1.29, 1.82) is 0 Å². The van der Waals surface area contributed by atoms with E-state index in [-0.39, 0.29) is 5.03 Å². The number of rotatable bonds is 3. The summed E-state index contributed by atoms with van der Waals surface area (Å²) in [7, 11) is -3.50. The molecule has 7 nitrogen and oxygen atoms in total. The minimum absolute atomic E-state index is 0.153. The zero-order chi connectivity index (χ0) is 16.6. The first kappa shape index (κ1) is 16.3. The maximum atomic E-state index is 12.6. The minimum atomic E-state index is -3.50. The van der Waals surface area contributed by atoms with Crippen LogP contribution in [-0.4, -0.2) is 53.9 Å². The number of aromatic nitrogens is 3. The van der Waals surface area contributed by atoms with Crippen LogP contribution >= 0.6 is 11.3 Å². The van der Waals surface area contributed by atoms with Crippen LogP contribution in [0.15, 0.2) is 16.6 Å². The van der Waals surface area contributed by atoms with Crippen LogP contribution in [0, 0.1) is 20.8 Å². The van der Waals surface area contributed by atoms with E-state index in [0.29, 0.717) is 26.2 Å². The second-order valence-corrected chi connectivity index (χ2v) is 8.46. The molecule has 1 aliphatic heterocycles. The Balaban J connectivity index is 1.75. The number of hydrogen-bond acceptors (Lipinski definition) is 7. The second kappa shape index (κ2) is 6.14. The van der Waals surface area contributed by atoms with E-state index < -0.39 is 10.0 Å². The third-order valence-electron chi connectivity index (χ3n) is 3.79. The first-order chi connectivity index (χ1) is 10.9. The lowest BCUT2D eigenvalue weighted by molar-refractivity contribution is 0.382. The molecule has 0 aliphatic carbocycles. The lowest BCUT2D eigenvalue weighted by Crippen LogP contribution is -2.49. The minimum Gasteiger partial charge on any atom is -0.352 e. The molecule has 2 aromatic heterocycles. The summed E-state index contributed by atoms with van der Waals surface area (Å²) in [6, 6.07) is 0. The van der Waals surface area contributed by atoms with Crippen LogP contribution in [0.4, 0.5) is 5.82 Å². The molecule has 1 fully saturated rings. The second-order valence-electron chi connectivity index (χ2n) is 5.52. The van der Waals surface area contributed by atoms with Gasteiger partial charge in [0.1, 0.15) is 5.82 Å². The Labute approximate surface area is 140 Å². The van der Waals surface area contributed by atoms with Crippen LogP contribution in [-0.2, 0) is 10.0 Å². The number of piperazine rings is 1. The summed E-state index contributed by atoms with van der Waals surface area (Å²) in [6.07, 6.45) is 1.74. The highest BCUT2D eigenvalue weighted by atomic mass is 32.2. The molecule has 0 N–H and O–H groups in total. The summed E-state index contributed by atoms with van der Waals surface area (Å²) >= 11 is 1.35. The predicted octanol–water partition coefficient (Wildman–Crippen LogP) is 1.37. The van der Waals surface area contributed by atoms with Crippen LogP contribution < -0.4 is 4.90 Å². The highest BCUT2D eigenvalue weighted by molar-refractivity contribution is 7.89. The molecule has 0 radical (unpaired) electrons. The zero-order valence-electron chi connectivity index (χ0n) is 13.4. The molecule has 124 valence electrons. The maximum absolute atomic E-state index is 12.6. The Morgan fingerprint density at radius 2 is 1.78 bits per heavy atom. The number of thiazole rings is 1. The normalized spacial score (nSPS) is 16.7. The average molecular weight is 353 g/mol. The van der Waals surface area contributed by atoms with E-state index in [0.717, 1.165) is 22.2 Å². The third kappa shape index (κ3) is 3.22. The van der Waals surface area contributed by atoms with Crippen molar-refractivity contribution < 1.29 is 8.42 Å². The van der Waals surface area contributed by atoms with E-state index in [1.807, 2.05) is 13.8 Å². The van der Waals surface area contributed by atoms with Crippen LogP contribution in [0.3, 0.4) is 0 Å². The molecular weight excluding hydrogens is 334 g/mol. The Morgan fingerprint density at radius 3 is 2.39 bits per heavy atom. The molecule has 23 heavy (non-hydrogen) atoms. The fourth-order valence-corrected chi connectivity index (χ4v) is 4.88. The highest BCUT2D eigenvalue weighted by Crippen LogP contribution is 2.22. The van der Waals surface area contributed by atoms with Crippen LogP contribution in [0.2, 0.25) is 0 Å². The van der Waals surface area contributed by atoms with Crippen molar-refractivity contribution in [2.45, 2.75) is 25.8 Å². The summed E-state index contributed by atoms with van der Waals surface area (Å²) in [5, 5.41) is 2.51. The summed E-state index contributed by atoms with van der Waals surface area (Å²) < 4.78 is 26.7. The van der Waals surface area contributed by atoms with Gasteiger partial charge in [-0.3, -0.25) is 4.98 Å². The van der Waals surface area contributed by atoms with Crippen molar-refractivity contribution in [3.63, 3.8) is 0 Å². The molecule has 2 aromatic rings. The van der Waals surface area contributed by atoms with Crippen LogP contribution in [0.5, 0.6) is 0 Å². The largest absolute Gasteiger partial charge is 0.352 e.